The molecule has 0 aromatic carbocycles. The monoisotopic (exact) mass is 612 g/mol. The van der Waals surface area contributed by atoms with Gasteiger partial charge in [0.1, 0.15) is 0 Å². The first-order valence-corrected chi connectivity index (χ1v) is 19.3. The lowest BCUT2D eigenvalue weighted by molar-refractivity contribution is -0.123. The average Bonchev–Trinajstić information content (AvgIpc) is 3.01. The zero-order valence-corrected chi connectivity index (χ0v) is 28.9. The van der Waals surface area contributed by atoms with Gasteiger partial charge in [0, 0.05) is 13.0 Å². The summed E-state index contributed by atoms with van der Waals surface area (Å²) in [6.45, 7) is 2.42. The number of amides is 1. The molecule has 0 bridgehead atoms. The Balaban J connectivity index is 3.49. The van der Waals surface area contributed by atoms with E-state index < -0.39 is 12.1 Å². The van der Waals surface area contributed by atoms with E-state index in [9.17, 15) is 15.0 Å². The van der Waals surface area contributed by atoms with Gasteiger partial charge >= 0.3 is 0 Å². The molecule has 0 spiro atoms. The topological polar surface area (TPSA) is 89.8 Å². The lowest BCUT2D eigenvalue weighted by Crippen LogP contribution is -2.45. The van der Waals surface area contributed by atoms with Crippen molar-refractivity contribution < 1.29 is 20.1 Å². The van der Waals surface area contributed by atoms with Gasteiger partial charge in [0.25, 0.3) is 0 Å². The maximum absolute atomic E-state index is 12.3. The molecule has 0 aliphatic carbocycles. The first-order valence-electron chi connectivity index (χ1n) is 19.3. The van der Waals surface area contributed by atoms with E-state index >= 15 is 0 Å². The summed E-state index contributed by atoms with van der Waals surface area (Å²) in [4.78, 5) is 12.3. The van der Waals surface area contributed by atoms with Crippen molar-refractivity contribution in [1.82, 2.24) is 5.32 Å². The molecule has 0 fully saturated rings. The highest BCUT2D eigenvalue weighted by Gasteiger charge is 2.19. The van der Waals surface area contributed by atoms with E-state index in [2.05, 4.69) is 12.2 Å². The van der Waals surface area contributed by atoms with E-state index in [0.717, 1.165) is 32.1 Å². The number of carbonyl (C=O) groups excluding carboxylic acids is 1. The molecular formula is C38H77NO4. The summed E-state index contributed by atoms with van der Waals surface area (Å²) < 4.78 is 0. The SMILES string of the molecule is CCCCCCCCCCCCCCCC(O)C(CO)NC(=O)CCCCCCCCCCCCCCCCCCCO. The molecule has 0 rings (SSSR count). The summed E-state index contributed by atoms with van der Waals surface area (Å²) >= 11 is 0. The van der Waals surface area contributed by atoms with Gasteiger partial charge in [-0.3, -0.25) is 4.79 Å². The third kappa shape index (κ3) is 32.6. The predicted molar refractivity (Wildman–Crippen MR) is 186 cm³/mol. The van der Waals surface area contributed by atoms with Crippen LogP contribution in [0.3, 0.4) is 0 Å². The Hall–Kier alpha value is -0.650. The Kier molecular flexibility index (Phi) is 35.3. The quantitative estimate of drug-likeness (QED) is 0.0531. The standard InChI is InChI=1S/C38H77NO4/c1-2-3-4-5-6-7-8-14-17-20-23-26-29-32-37(42)36(35-41)39-38(43)33-30-27-24-21-18-15-12-10-9-11-13-16-19-22-25-28-31-34-40/h36-37,40-42H,2-35H2,1H3,(H,39,43). The fourth-order valence-electron chi connectivity index (χ4n) is 6.16. The van der Waals surface area contributed by atoms with Crippen molar-refractivity contribution in [3.8, 4) is 0 Å². The molecule has 0 aliphatic heterocycles. The smallest absolute Gasteiger partial charge is 0.220 e. The molecular weight excluding hydrogens is 534 g/mol. The fourth-order valence-corrected chi connectivity index (χ4v) is 6.16. The van der Waals surface area contributed by atoms with Crippen molar-refractivity contribution in [3.63, 3.8) is 0 Å². The molecule has 5 heteroatoms. The predicted octanol–water partition coefficient (Wildman–Crippen LogP) is 10.3. The molecule has 4 N–H and O–H groups in total. The molecule has 2 unspecified atom stereocenters. The number of aliphatic hydroxyl groups excluding tert-OH is 3. The van der Waals surface area contributed by atoms with Crippen LogP contribution < -0.4 is 5.32 Å². The number of hydrogen-bond donors (Lipinski definition) is 4. The highest BCUT2D eigenvalue weighted by atomic mass is 16.3. The Bertz CT molecular complexity index is 544. The average molecular weight is 612 g/mol. The van der Waals surface area contributed by atoms with E-state index in [0.29, 0.717) is 19.4 Å². The Labute approximate surface area is 268 Å². The third-order valence-corrected chi connectivity index (χ3v) is 9.17. The number of nitrogens with one attached hydrogen (secondary N) is 1. The van der Waals surface area contributed by atoms with Crippen LogP contribution in [0.1, 0.15) is 212 Å². The van der Waals surface area contributed by atoms with Crippen molar-refractivity contribution in [2.45, 2.75) is 225 Å². The summed E-state index contributed by atoms with van der Waals surface area (Å²) in [5, 5.41) is 31.8. The highest BCUT2D eigenvalue weighted by Crippen LogP contribution is 2.16. The Morgan fingerprint density at radius 3 is 1.16 bits per heavy atom. The van der Waals surface area contributed by atoms with Crippen LogP contribution in [0, 0.1) is 0 Å². The molecule has 258 valence electrons. The minimum absolute atomic E-state index is 0.0369. The summed E-state index contributed by atoms with van der Waals surface area (Å²) in [6, 6.07) is -0.535. The van der Waals surface area contributed by atoms with Gasteiger partial charge in [0.05, 0.1) is 18.8 Å². The Morgan fingerprint density at radius 1 is 0.488 bits per heavy atom. The van der Waals surface area contributed by atoms with Crippen molar-refractivity contribution in [3.05, 3.63) is 0 Å². The van der Waals surface area contributed by atoms with Crippen molar-refractivity contribution >= 4 is 5.91 Å². The van der Waals surface area contributed by atoms with E-state index in [1.54, 1.807) is 0 Å². The molecule has 0 aromatic rings. The summed E-state index contributed by atoms with van der Waals surface area (Å²) in [5.41, 5.74) is 0. The van der Waals surface area contributed by atoms with Gasteiger partial charge in [-0.25, -0.2) is 0 Å². The minimum Gasteiger partial charge on any atom is -0.396 e. The van der Waals surface area contributed by atoms with Gasteiger partial charge in [-0.2, -0.15) is 0 Å². The largest absolute Gasteiger partial charge is 0.396 e. The number of carbonyl (C=O) groups is 1. The van der Waals surface area contributed by atoms with E-state index in [1.807, 2.05) is 0 Å². The molecule has 0 saturated carbocycles. The second-order valence-electron chi connectivity index (χ2n) is 13.4. The van der Waals surface area contributed by atoms with Gasteiger partial charge < -0.3 is 20.6 Å². The number of rotatable bonds is 36. The van der Waals surface area contributed by atoms with Crippen LogP contribution in [-0.2, 0) is 4.79 Å². The number of aliphatic hydroxyl groups is 3. The van der Waals surface area contributed by atoms with Crippen LogP contribution in [-0.4, -0.2) is 46.6 Å². The maximum atomic E-state index is 12.3. The first kappa shape index (κ1) is 42.3. The second kappa shape index (κ2) is 35.8. The van der Waals surface area contributed by atoms with Crippen LogP contribution >= 0.6 is 0 Å². The molecule has 0 aromatic heterocycles. The molecule has 0 saturated heterocycles. The lowest BCUT2D eigenvalue weighted by Gasteiger charge is -2.22. The van der Waals surface area contributed by atoms with Crippen LogP contribution in [0.25, 0.3) is 0 Å². The van der Waals surface area contributed by atoms with E-state index in [-0.39, 0.29) is 12.5 Å². The van der Waals surface area contributed by atoms with Crippen molar-refractivity contribution in [1.29, 1.82) is 0 Å². The summed E-state index contributed by atoms with van der Waals surface area (Å²) in [7, 11) is 0. The van der Waals surface area contributed by atoms with Gasteiger partial charge in [-0.05, 0) is 19.3 Å². The lowest BCUT2D eigenvalue weighted by atomic mass is 10.0. The van der Waals surface area contributed by atoms with Crippen molar-refractivity contribution in [2.24, 2.45) is 0 Å². The Morgan fingerprint density at radius 2 is 0.814 bits per heavy atom. The van der Waals surface area contributed by atoms with Gasteiger partial charge in [-0.1, -0.05) is 187 Å². The van der Waals surface area contributed by atoms with E-state index in [4.69, 9.17) is 5.11 Å². The first-order chi connectivity index (χ1) is 21.2. The normalized spacial score (nSPS) is 12.9. The molecule has 1 amide bonds. The number of hydrogen-bond acceptors (Lipinski definition) is 4. The minimum atomic E-state index is -0.658. The van der Waals surface area contributed by atoms with Gasteiger partial charge in [0.2, 0.25) is 5.91 Å². The van der Waals surface area contributed by atoms with Crippen LogP contribution in [0.15, 0.2) is 0 Å². The van der Waals surface area contributed by atoms with Gasteiger partial charge in [0.15, 0.2) is 0 Å². The van der Waals surface area contributed by atoms with Crippen LogP contribution in [0.2, 0.25) is 0 Å². The molecule has 2 atom stereocenters. The zero-order chi connectivity index (χ0) is 31.5. The van der Waals surface area contributed by atoms with Crippen LogP contribution in [0.4, 0.5) is 0 Å². The molecule has 5 nitrogen and oxygen atoms in total. The third-order valence-electron chi connectivity index (χ3n) is 9.17. The molecule has 0 aliphatic rings. The molecule has 43 heavy (non-hydrogen) atoms. The van der Waals surface area contributed by atoms with Crippen LogP contribution in [0.5, 0.6) is 0 Å². The number of unbranched alkanes of at least 4 members (excludes halogenated alkanes) is 28. The zero-order valence-electron chi connectivity index (χ0n) is 28.9. The van der Waals surface area contributed by atoms with Crippen molar-refractivity contribution in [2.75, 3.05) is 13.2 Å². The van der Waals surface area contributed by atoms with E-state index in [1.165, 1.54) is 161 Å². The fraction of sp³-hybridized carbons (Fsp3) is 0.974. The maximum Gasteiger partial charge on any atom is 0.220 e. The summed E-state index contributed by atoms with van der Waals surface area (Å²) in [6.07, 6.45) is 38.8. The molecule has 0 heterocycles. The second-order valence-corrected chi connectivity index (χ2v) is 13.4. The highest BCUT2D eigenvalue weighted by molar-refractivity contribution is 5.76. The molecule has 0 radical (unpaired) electrons. The van der Waals surface area contributed by atoms with Gasteiger partial charge in [-0.15, -0.1) is 0 Å². The summed E-state index contributed by atoms with van der Waals surface area (Å²) in [5.74, 6) is -0.0369.